The Balaban J connectivity index is 0.000000887. The minimum Gasteiger partial charge on any atom is -0.496 e. The van der Waals surface area contributed by atoms with Crippen molar-refractivity contribution in [2.45, 2.75) is 12.6 Å². The molecule has 0 aliphatic heterocycles. The van der Waals surface area contributed by atoms with E-state index in [0.29, 0.717) is 34.4 Å². The van der Waals surface area contributed by atoms with Crippen molar-refractivity contribution < 1.29 is 42.5 Å². The Kier molecular flexibility index (Phi) is 12.5. The fraction of sp³-hybridized carbons (Fsp3) is 0.400. The second kappa shape index (κ2) is 13.4. The van der Waals surface area contributed by atoms with Gasteiger partial charge in [-0.1, -0.05) is 33.2 Å². The van der Waals surface area contributed by atoms with E-state index in [-0.39, 0.29) is 12.3 Å². The molecule has 0 spiro atoms. The molecular weight excluding hydrogens is 447 g/mol. The van der Waals surface area contributed by atoms with Crippen LogP contribution in [0.25, 0.3) is 0 Å². The molecule has 0 heterocycles. The number of methoxy groups -OCH3 is 1. The van der Waals surface area contributed by atoms with E-state index in [1.807, 2.05) is 0 Å². The van der Waals surface area contributed by atoms with Gasteiger partial charge in [0.15, 0.2) is 0 Å². The Morgan fingerprint density at radius 1 is 1.18 bits per heavy atom. The van der Waals surface area contributed by atoms with Gasteiger partial charge in [0.2, 0.25) is 0 Å². The summed E-state index contributed by atoms with van der Waals surface area (Å²) in [4.78, 5) is 31.2. The van der Waals surface area contributed by atoms with Crippen LogP contribution in [0.4, 0.5) is 13.2 Å². The molecule has 7 nitrogen and oxygen atoms in total. The van der Waals surface area contributed by atoms with Crippen molar-refractivity contribution in [3.63, 3.8) is 0 Å². The summed E-state index contributed by atoms with van der Waals surface area (Å²) in [5.74, 6) is -2.09. The zero-order valence-corrected chi connectivity index (χ0v) is 16.8. The van der Waals surface area contributed by atoms with Crippen molar-refractivity contribution in [1.82, 2.24) is 5.32 Å². The molecule has 13 heteroatoms. The molecular formula is C15H17ClF3NO6S2. The van der Waals surface area contributed by atoms with Crippen LogP contribution in [0.3, 0.4) is 0 Å². The number of halogens is 4. The summed E-state index contributed by atoms with van der Waals surface area (Å²) in [5, 5.41) is 18.9. The Morgan fingerprint density at radius 2 is 1.75 bits per heavy atom. The van der Waals surface area contributed by atoms with E-state index in [1.54, 1.807) is 18.2 Å². The molecule has 0 radical (unpaired) electrons. The summed E-state index contributed by atoms with van der Waals surface area (Å²) < 4.78 is 36.9. The number of carbonyl (C=O) groups excluding carboxylic acids is 1. The van der Waals surface area contributed by atoms with Crippen LogP contribution in [-0.2, 0) is 9.59 Å². The Bertz CT molecular complexity index is 676. The molecule has 0 unspecified atom stereocenters. The number of alkyl halides is 3. The zero-order valence-electron chi connectivity index (χ0n) is 14.4. The smallest absolute Gasteiger partial charge is 0.490 e. The molecule has 0 bridgehead atoms. The largest absolute Gasteiger partial charge is 0.496 e. The SMILES string of the molecule is COc1ccc(Cl)cc1C(=O)NCCSSCCC(=O)O.O=C(O)C(F)(F)F. The van der Waals surface area contributed by atoms with Crippen LogP contribution >= 0.6 is 33.2 Å². The predicted octanol–water partition coefficient (Wildman–Crippen LogP) is 3.57. The highest BCUT2D eigenvalue weighted by Gasteiger charge is 2.38. The summed E-state index contributed by atoms with van der Waals surface area (Å²) in [6.07, 6.45) is -4.94. The number of carbonyl (C=O) groups is 3. The van der Waals surface area contributed by atoms with Crippen LogP contribution in [0.5, 0.6) is 5.75 Å². The molecule has 0 aliphatic rings. The zero-order chi connectivity index (χ0) is 21.7. The second-order valence-electron chi connectivity index (χ2n) is 4.69. The molecule has 1 rings (SSSR count). The van der Waals surface area contributed by atoms with Gasteiger partial charge in [0.25, 0.3) is 5.91 Å². The minimum atomic E-state index is -5.08. The summed E-state index contributed by atoms with van der Waals surface area (Å²) in [7, 11) is 4.50. The average Bonchev–Trinajstić information content (AvgIpc) is 2.60. The maximum absolute atomic E-state index is 12.0. The number of hydrogen-bond acceptors (Lipinski definition) is 6. The van der Waals surface area contributed by atoms with Crippen molar-refractivity contribution in [2.24, 2.45) is 0 Å². The number of carboxylic acid groups (broad SMARTS) is 2. The van der Waals surface area contributed by atoms with Gasteiger partial charge < -0.3 is 20.3 Å². The summed E-state index contributed by atoms with van der Waals surface area (Å²) in [6.45, 7) is 0.485. The van der Waals surface area contributed by atoms with E-state index in [9.17, 15) is 22.8 Å². The van der Waals surface area contributed by atoms with Crippen molar-refractivity contribution in [2.75, 3.05) is 25.2 Å². The molecule has 1 amide bonds. The Hall–Kier alpha value is -1.79. The van der Waals surface area contributed by atoms with Gasteiger partial charge in [0.1, 0.15) is 5.75 Å². The number of rotatable bonds is 9. The van der Waals surface area contributed by atoms with Crippen LogP contribution in [0, 0.1) is 0 Å². The van der Waals surface area contributed by atoms with Crippen LogP contribution in [-0.4, -0.2) is 59.4 Å². The number of ether oxygens (including phenoxy) is 1. The van der Waals surface area contributed by atoms with Crippen LogP contribution in [0.2, 0.25) is 5.02 Å². The van der Waals surface area contributed by atoms with Gasteiger partial charge in [-0.2, -0.15) is 13.2 Å². The normalized spacial score (nSPS) is 10.5. The third-order valence-corrected chi connectivity index (χ3v) is 5.25. The Labute approximate surface area is 171 Å². The van der Waals surface area contributed by atoms with Crippen LogP contribution in [0.1, 0.15) is 16.8 Å². The first-order valence-corrected chi connectivity index (χ1v) is 10.2. The highest BCUT2D eigenvalue weighted by atomic mass is 35.5. The van der Waals surface area contributed by atoms with Crippen LogP contribution < -0.4 is 10.1 Å². The van der Waals surface area contributed by atoms with E-state index >= 15 is 0 Å². The predicted molar refractivity (Wildman–Crippen MR) is 101 cm³/mol. The van der Waals surface area contributed by atoms with Gasteiger partial charge in [-0.25, -0.2) is 4.79 Å². The molecule has 0 atom stereocenters. The van der Waals surface area contributed by atoms with Crippen molar-refractivity contribution >= 4 is 51.0 Å². The van der Waals surface area contributed by atoms with E-state index < -0.39 is 18.1 Å². The molecule has 0 saturated heterocycles. The second-order valence-corrected chi connectivity index (χ2v) is 7.83. The first kappa shape index (κ1) is 26.2. The van der Waals surface area contributed by atoms with E-state index in [1.165, 1.54) is 28.7 Å². The van der Waals surface area contributed by atoms with E-state index in [2.05, 4.69) is 5.32 Å². The monoisotopic (exact) mass is 463 g/mol. The highest BCUT2D eigenvalue weighted by Crippen LogP contribution is 2.23. The molecule has 158 valence electrons. The summed E-state index contributed by atoms with van der Waals surface area (Å²) >= 11 is 5.87. The molecule has 0 aromatic heterocycles. The quantitative estimate of drug-likeness (QED) is 0.376. The number of hydrogen-bond donors (Lipinski definition) is 3. The van der Waals surface area contributed by atoms with Gasteiger partial charge in [-0.3, -0.25) is 9.59 Å². The fourth-order valence-corrected chi connectivity index (χ4v) is 3.46. The molecule has 0 fully saturated rings. The lowest BCUT2D eigenvalue weighted by Gasteiger charge is -2.09. The number of nitrogens with one attached hydrogen (secondary N) is 1. The third kappa shape index (κ3) is 11.8. The maximum atomic E-state index is 12.0. The molecule has 0 aliphatic carbocycles. The number of benzene rings is 1. The maximum Gasteiger partial charge on any atom is 0.490 e. The lowest BCUT2D eigenvalue weighted by atomic mass is 10.2. The lowest BCUT2D eigenvalue weighted by molar-refractivity contribution is -0.192. The average molecular weight is 464 g/mol. The molecule has 1 aromatic rings. The standard InChI is InChI=1S/C13H16ClNO4S2.C2HF3O2/c1-19-11-3-2-9(14)8-10(11)13(18)15-5-7-21-20-6-4-12(16)17;3-2(4,5)1(6)7/h2-3,8H,4-7H2,1H3,(H,15,18)(H,16,17);(H,6,7). The third-order valence-electron chi connectivity index (χ3n) is 2.60. The fourth-order valence-electron chi connectivity index (χ4n) is 1.41. The van der Waals surface area contributed by atoms with Crippen molar-refractivity contribution in [1.29, 1.82) is 0 Å². The van der Waals surface area contributed by atoms with Crippen LogP contribution in [0.15, 0.2) is 18.2 Å². The first-order chi connectivity index (χ1) is 13.0. The summed E-state index contributed by atoms with van der Waals surface area (Å²) in [5.41, 5.74) is 0.397. The topological polar surface area (TPSA) is 113 Å². The number of carboxylic acids is 2. The Morgan fingerprint density at radius 3 is 2.25 bits per heavy atom. The van der Waals surface area contributed by atoms with Gasteiger partial charge in [-0.15, -0.1) is 0 Å². The van der Waals surface area contributed by atoms with Gasteiger partial charge in [0.05, 0.1) is 19.1 Å². The van der Waals surface area contributed by atoms with Crippen molar-refractivity contribution in [3.05, 3.63) is 28.8 Å². The van der Waals surface area contributed by atoms with Gasteiger partial charge in [0, 0.05) is 23.1 Å². The number of aliphatic carboxylic acids is 2. The lowest BCUT2D eigenvalue weighted by Crippen LogP contribution is -2.26. The molecule has 28 heavy (non-hydrogen) atoms. The first-order valence-electron chi connectivity index (χ1n) is 7.37. The summed E-state index contributed by atoms with van der Waals surface area (Å²) in [6, 6.07) is 4.87. The van der Waals surface area contributed by atoms with Gasteiger partial charge >= 0.3 is 18.1 Å². The van der Waals surface area contributed by atoms with Crippen molar-refractivity contribution in [3.8, 4) is 5.75 Å². The number of amides is 1. The van der Waals surface area contributed by atoms with E-state index in [4.69, 9.17) is 31.3 Å². The van der Waals surface area contributed by atoms with E-state index in [0.717, 1.165) is 0 Å². The molecule has 3 N–H and O–H groups in total. The van der Waals surface area contributed by atoms with Gasteiger partial charge in [-0.05, 0) is 18.2 Å². The highest BCUT2D eigenvalue weighted by molar-refractivity contribution is 8.76. The minimum absolute atomic E-state index is 0.143. The molecule has 1 aromatic carbocycles. The molecule has 0 saturated carbocycles.